The first-order valence-electron chi connectivity index (χ1n) is 9.16. The SMILES string of the molecule is CCc1ccc(NC(N)=NCCCC(=O)N2Cc3ccccc3C2)cc1.I. The second kappa shape index (κ2) is 10.3. The van der Waals surface area contributed by atoms with Gasteiger partial charge in [0.25, 0.3) is 0 Å². The summed E-state index contributed by atoms with van der Waals surface area (Å²) in [6, 6.07) is 16.4. The van der Waals surface area contributed by atoms with Gasteiger partial charge in [-0.25, -0.2) is 0 Å². The van der Waals surface area contributed by atoms with Crippen molar-refractivity contribution < 1.29 is 4.79 Å². The maximum absolute atomic E-state index is 12.3. The quantitative estimate of drug-likeness (QED) is 0.286. The van der Waals surface area contributed by atoms with Gasteiger partial charge in [0.1, 0.15) is 0 Å². The Labute approximate surface area is 178 Å². The number of carbonyl (C=O) groups excluding carboxylic acids is 1. The van der Waals surface area contributed by atoms with Crippen LogP contribution in [-0.2, 0) is 24.3 Å². The predicted molar refractivity (Wildman–Crippen MR) is 121 cm³/mol. The average Bonchev–Trinajstić information content (AvgIpc) is 3.10. The number of benzene rings is 2. The first-order valence-corrected chi connectivity index (χ1v) is 9.16. The van der Waals surface area contributed by atoms with Crippen LogP contribution in [0, 0.1) is 0 Å². The molecule has 3 rings (SSSR count). The molecule has 0 aliphatic carbocycles. The fraction of sp³-hybridized carbons (Fsp3) is 0.333. The van der Waals surface area contributed by atoms with Gasteiger partial charge in [0.05, 0.1) is 0 Å². The summed E-state index contributed by atoms with van der Waals surface area (Å²) in [6.45, 7) is 4.10. The van der Waals surface area contributed by atoms with E-state index in [4.69, 9.17) is 5.73 Å². The predicted octanol–water partition coefficient (Wildman–Crippen LogP) is 3.92. The van der Waals surface area contributed by atoms with E-state index in [0.717, 1.165) is 25.2 Å². The molecule has 0 aromatic heterocycles. The number of halogens is 1. The third-order valence-electron chi connectivity index (χ3n) is 4.66. The van der Waals surface area contributed by atoms with E-state index in [-0.39, 0.29) is 29.9 Å². The number of guanidine groups is 1. The highest BCUT2D eigenvalue weighted by Crippen LogP contribution is 2.22. The summed E-state index contributed by atoms with van der Waals surface area (Å²) in [5.74, 6) is 0.563. The number of aliphatic imine (C=N–C) groups is 1. The van der Waals surface area contributed by atoms with Gasteiger partial charge in [0.15, 0.2) is 5.96 Å². The van der Waals surface area contributed by atoms with Gasteiger partial charge in [-0.3, -0.25) is 9.79 Å². The Hall–Kier alpha value is -2.09. The summed E-state index contributed by atoms with van der Waals surface area (Å²) in [7, 11) is 0. The van der Waals surface area contributed by atoms with Crippen molar-refractivity contribution in [3.63, 3.8) is 0 Å². The van der Waals surface area contributed by atoms with E-state index in [0.29, 0.717) is 25.3 Å². The number of hydrogen-bond donors (Lipinski definition) is 2. The number of nitrogens with two attached hydrogens (primary N) is 1. The van der Waals surface area contributed by atoms with Crippen molar-refractivity contribution in [3.05, 3.63) is 65.2 Å². The molecule has 2 aromatic carbocycles. The first-order chi connectivity index (χ1) is 12.7. The van der Waals surface area contributed by atoms with Crippen LogP contribution in [0.1, 0.15) is 36.5 Å². The van der Waals surface area contributed by atoms with Crippen LogP contribution in [0.15, 0.2) is 53.5 Å². The lowest BCUT2D eigenvalue weighted by Gasteiger charge is -2.14. The van der Waals surface area contributed by atoms with Crippen molar-refractivity contribution in [2.24, 2.45) is 10.7 Å². The monoisotopic (exact) mass is 478 g/mol. The minimum absolute atomic E-state index is 0. The second-order valence-electron chi connectivity index (χ2n) is 6.56. The van der Waals surface area contributed by atoms with E-state index in [1.807, 2.05) is 29.2 Å². The Morgan fingerprint density at radius 3 is 2.33 bits per heavy atom. The molecule has 6 heteroatoms. The van der Waals surface area contributed by atoms with E-state index in [9.17, 15) is 4.79 Å². The van der Waals surface area contributed by atoms with Crippen LogP contribution in [0.4, 0.5) is 5.69 Å². The van der Waals surface area contributed by atoms with Crippen LogP contribution in [0.5, 0.6) is 0 Å². The number of fused-ring (bicyclic) bond motifs is 1. The van der Waals surface area contributed by atoms with Crippen molar-refractivity contribution in [1.82, 2.24) is 4.90 Å². The molecular weight excluding hydrogens is 451 g/mol. The zero-order valence-corrected chi connectivity index (χ0v) is 18.0. The van der Waals surface area contributed by atoms with E-state index in [1.165, 1.54) is 16.7 Å². The van der Waals surface area contributed by atoms with E-state index in [1.54, 1.807) is 0 Å². The highest BCUT2D eigenvalue weighted by Gasteiger charge is 2.22. The summed E-state index contributed by atoms with van der Waals surface area (Å²) < 4.78 is 0. The Morgan fingerprint density at radius 2 is 1.74 bits per heavy atom. The second-order valence-corrected chi connectivity index (χ2v) is 6.56. The summed E-state index contributed by atoms with van der Waals surface area (Å²) in [6.07, 6.45) is 2.21. The fourth-order valence-corrected chi connectivity index (χ4v) is 3.11. The van der Waals surface area contributed by atoms with Crippen molar-refractivity contribution in [2.45, 2.75) is 39.3 Å². The maximum Gasteiger partial charge on any atom is 0.223 e. The zero-order chi connectivity index (χ0) is 18.4. The molecule has 144 valence electrons. The van der Waals surface area contributed by atoms with Gasteiger partial charge >= 0.3 is 0 Å². The molecular formula is C21H27IN4O. The number of anilines is 1. The van der Waals surface area contributed by atoms with Crippen LogP contribution < -0.4 is 11.1 Å². The molecule has 27 heavy (non-hydrogen) atoms. The smallest absolute Gasteiger partial charge is 0.223 e. The lowest BCUT2D eigenvalue weighted by Crippen LogP contribution is -2.25. The molecule has 1 amide bonds. The molecule has 0 fully saturated rings. The van der Waals surface area contributed by atoms with Crippen LogP contribution in [-0.4, -0.2) is 23.3 Å². The first kappa shape index (κ1) is 21.2. The molecule has 0 atom stereocenters. The lowest BCUT2D eigenvalue weighted by atomic mass is 10.1. The van der Waals surface area contributed by atoms with Crippen LogP contribution in [0.2, 0.25) is 0 Å². The molecule has 1 aliphatic rings. The molecule has 0 unspecified atom stereocenters. The molecule has 1 heterocycles. The molecule has 2 aromatic rings. The molecule has 0 saturated heterocycles. The highest BCUT2D eigenvalue weighted by atomic mass is 127. The standard InChI is InChI=1S/C21H26N4O.HI/c1-2-16-9-11-19(12-10-16)24-21(22)23-13-5-8-20(26)25-14-17-6-3-4-7-18(17)15-25;/h3-4,6-7,9-12H,2,5,8,13-15H2,1H3,(H3,22,23,24);1H. The van der Waals surface area contributed by atoms with Gasteiger partial charge in [-0.15, -0.1) is 24.0 Å². The number of amides is 1. The molecule has 0 bridgehead atoms. The van der Waals surface area contributed by atoms with Gasteiger partial charge in [-0.05, 0) is 41.7 Å². The van der Waals surface area contributed by atoms with Gasteiger partial charge in [-0.2, -0.15) is 0 Å². The summed E-state index contributed by atoms with van der Waals surface area (Å²) in [4.78, 5) is 18.6. The number of nitrogens with zero attached hydrogens (tertiary/aromatic N) is 2. The van der Waals surface area contributed by atoms with Gasteiger partial charge < -0.3 is 16.0 Å². The Morgan fingerprint density at radius 1 is 1.11 bits per heavy atom. The third-order valence-corrected chi connectivity index (χ3v) is 4.66. The van der Waals surface area contributed by atoms with Gasteiger partial charge in [-0.1, -0.05) is 43.3 Å². The highest BCUT2D eigenvalue weighted by molar-refractivity contribution is 14.0. The Bertz CT molecular complexity index is 764. The number of nitrogens with one attached hydrogen (secondary N) is 1. The van der Waals surface area contributed by atoms with E-state index < -0.39 is 0 Å². The minimum atomic E-state index is 0. The zero-order valence-electron chi connectivity index (χ0n) is 15.6. The minimum Gasteiger partial charge on any atom is -0.370 e. The van der Waals surface area contributed by atoms with Crippen LogP contribution in [0.25, 0.3) is 0 Å². The van der Waals surface area contributed by atoms with Crippen molar-refractivity contribution in [3.8, 4) is 0 Å². The van der Waals surface area contributed by atoms with Crippen LogP contribution >= 0.6 is 24.0 Å². The van der Waals surface area contributed by atoms with Gasteiger partial charge in [0, 0.05) is 31.7 Å². The maximum atomic E-state index is 12.3. The number of aryl methyl sites for hydroxylation is 1. The topological polar surface area (TPSA) is 70.7 Å². The Kier molecular flexibility index (Phi) is 8.09. The molecule has 0 saturated carbocycles. The molecule has 0 spiro atoms. The largest absolute Gasteiger partial charge is 0.370 e. The third kappa shape index (κ3) is 5.95. The summed E-state index contributed by atoms with van der Waals surface area (Å²) >= 11 is 0. The lowest BCUT2D eigenvalue weighted by molar-refractivity contribution is -0.131. The molecule has 5 nitrogen and oxygen atoms in total. The van der Waals surface area contributed by atoms with Crippen molar-refractivity contribution in [2.75, 3.05) is 11.9 Å². The average molecular weight is 478 g/mol. The van der Waals surface area contributed by atoms with E-state index in [2.05, 4.69) is 41.5 Å². The molecule has 1 aliphatic heterocycles. The normalized spacial score (nSPS) is 13.1. The summed E-state index contributed by atoms with van der Waals surface area (Å²) in [5.41, 5.74) is 10.6. The summed E-state index contributed by atoms with van der Waals surface area (Å²) in [5, 5.41) is 3.08. The number of carbonyl (C=O) groups is 1. The van der Waals surface area contributed by atoms with Gasteiger partial charge in [0.2, 0.25) is 5.91 Å². The van der Waals surface area contributed by atoms with Crippen molar-refractivity contribution in [1.29, 1.82) is 0 Å². The van der Waals surface area contributed by atoms with Crippen molar-refractivity contribution >= 4 is 41.5 Å². The van der Waals surface area contributed by atoms with E-state index >= 15 is 0 Å². The molecule has 3 N–H and O–H groups in total. The Balaban J connectivity index is 0.00000261. The van der Waals surface area contributed by atoms with Crippen LogP contribution in [0.3, 0.4) is 0 Å². The fourth-order valence-electron chi connectivity index (χ4n) is 3.11. The number of rotatable bonds is 6. The molecule has 0 radical (unpaired) electrons. The number of hydrogen-bond acceptors (Lipinski definition) is 2.